The van der Waals surface area contributed by atoms with Crippen molar-refractivity contribution in [3.05, 3.63) is 28.7 Å². The van der Waals surface area contributed by atoms with Gasteiger partial charge in [-0.1, -0.05) is 22.0 Å². The summed E-state index contributed by atoms with van der Waals surface area (Å²) in [5.41, 5.74) is 0. The van der Waals surface area contributed by atoms with Crippen LogP contribution in [0.1, 0.15) is 12.8 Å². The Morgan fingerprint density at radius 2 is 2.07 bits per heavy atom. The van der Waals surface area contributed by atoms with E-state index in [0.717, 1.165) is 36.2 Å². The van der Waals surface area contributed by atoms with Crippen LogP contribution in [0.4, 0.5) is 0 Å². The van der Waals surface area contributed by atoms with Gasteiger partial charge in [0.25, 0.3) is 0 Å². The van der Waals surface area contributed by atoms with Gasteiger partial charge in [-0.3, -0.25) is 0 Å². The molecule has 76 valence electrons. The zero-order valence-corrected chi connectivity index (χ0v) is 9.59. The van der Waals surface area contributed by atoms with E-state index in [-0.39, 0.29) is 0 Å². The van der Waals surface area contributed by atoms with Crippen molar-refractivity contribution in [2.24, 2.45) is 0 Å². The zero-order valence-electron chi connectivity index (χ0n) is 8.00. The van der Waals surface area contributed by atoms with Gasteiger partial charge in [0.15, 0.2) is 0 Å². The van der Waals surface area contributed by atoms with Crippen molar-refractivity contribution in [2.75, 3.05) is 13.1 Å². The third-order valence-electron chi connectivity index (χ3n) is 2.39. The third-order valence-corrected chi connectivity index (χ3v) is 2.88. The lowest BCUT2D eigenvalue weighted by Crippen LogP contribution is -2.34. The Kier molecular flexibility index (Phi) is 3.43. The maximum Gasteiger partial charge on any atom is 0.120 e. The largest absolute Gasteiger partial charge is 0.490 e. The summed E-state index contributed by atoms with van der Waals surface area (Å²) in [7, 11) is 0. The molecule has 2 rings (SSSR count). The average Bonchev–Trinajstić information content (AvgIpc) is 2.19. The van der Waals surface area contributed by atoms with Crippen LogP contribution < -0.4 is 10.1 Å². The van der Waals surface area contributed by atoms with Crippen molar-refractivity contribution in [3.63, 3.8) is 0 Å². The molecule has 0 atom stereocenters. The Balaban J connectivity index is 1.95. The Bertz CT molecular complexity index is 297. The minimum absolute atomic E-state index is 0.380. The van der Waals surface area contributed by atoms with E-state index in [1.807, 2.05) is 24.3 Å². The second-order valence-corrected chi connectivity index (χ2v) is 4.44. The van der Waals surface area contributed by atoms with E-state index in [2.05, 4.69) is 21.2 Å². The lowest BCUT2D eigenvalue weighted by atomic mass is 10.1. The summed E-state index contributed by atoms with van der Waals surface area (Å²) in [6, 6.07) is 8.03. The van der Waals surface area contributed by atoms with Crippen molar-refractivity contribution in [1.82, 2.24) is 5.32 Å². The molecule has 1 aromatic carbocycles. The number of ether oxygens (including phenoxy) is 1. The fraction of sp³-hybridized carbons (Fsp3) is 0.455. The molecule has 1 aliphatic heterocycles. The standard InChI is InChI=1S/C11H14BrNO/c12-9-2-1-3-11(8-9)14-10-4-6-13-7-5-10/h1-3,8,10,13H,4-7H2. The van der Waals surface area contributed by atoms with E-state index < -0.39 is 0 Å². The second-order valence-electron chi connectivity index (χ2n) is 3.52. The van der Waals surface area contributed by atoms with Gasteiger partial charge in [0.05, 0.1) is 0 Å². The molecule has 1 saturated heterocycles. The fourth-order valence-corrected chi connectivity index (χ4v) is 2.02. The molecule has 0 bridgehead atoms. The lowest BCUT2D eigenvalue weighted by Gasteiger charge is -2.23. The normalized spacial score (nSPS) is 18.1. The Morgan fingerprint density at radius 3 is 2.79 bits per heavy atom. The van der Waals surface area contributed by atoms with Crippen LogP contribution in [0, 0.1) is 0 Å². The van der Waals surface area contributed by atoms with Crippen molar-refractivity contribution >= 4 is 15.9 Å². The molecule has 0 saturated carbocycles. The smallest absolute Gasteiger partial charge is 0.120 e. The lowest BCUT2D eigenvalue weighted by molar-refractivity contribution is 0.162. The van der Waals surface area contributed by atoms with Gasteiger partial charge in [0.2, 0.25) is 0 Å². The van der Waals surface area contributed by atoms with Crippen molar-refractivity contribution < 1.29 is 4.74 Å². The van der Waals surface area contributed by atoms with E-state index in [1.54, 1.807) is 0 Å². The van der Waals surface area contributed by atoms with Gasteiger partial charge < -0.3 is 10.1 Å². The summed E-state index contributed by atoms with van der Waals surface area (Å²) >= 11 is 3.43. The highest BCUT2D eigenvalue weighted by Crippen LogP contribution is 2.20. The average molecular weight is 256 g/mol. The fourth-order valence-electron chi connectivity index (χ4n) is 1.65. The van der Waals surface area contributed by atoms with Gasteiger partial charge in [0.1, 0.15) is 11.9 Å². The summed E-state index contributed by atoms with van der Waals surface area (Å²) in [4.78, 5) is 0. The predicted molar refractivity (Wildman–Crippen MR) is 60.7 cm³/mol. The van der Waals surface area contributed by atoms with Gasteiger partial charge in [-0.15, -0.1) is 0 Å². The number of hydrogen-bond donors (Lipinski definition) is 1. The van der Waals surface area contributed by atoms with Crippen LogP contribution in [0.2, 0.25) is 0 Å². The molecular weight excluding hydrogens is 242 g/mol. The number of hydrogen-bond acceptors (Lipinski definition) is 2. The van der Waals surface area contributed by atoms with Gasteiger partial charge in [0, 0.05) is 4.47 Å². The van der Waals surface area contributed by atoms with E-state index in [1.165, 1.54) is 0 Å². The SMILES string of the molecule is Brc1cccc(OC2CCNCC2)c1. The van der Waals surface area contributed by atoms with Crippen LogP contribution in [0.5, 0.6) is 5.75 Å². The molecule has 3 heteroatoms. The van der Waals surface area contributed by atoms with E-state index >= 15 is 0 Å². The Labute approximate surface area is 92.8 Å². The second kappa shape index (κ2) is 4.80. The molecule has 1 aromatic rings. The predicted octanol–water partition coefficient (Wildman–Crippen LogP) is 2.58. The van der Waals surface area contributed by atoms with Crippen LogP contribution >= 0.6 is 15.9 Å². The molecular formula is C11H14BrNO. The molecule has 0 aliphatic carbocycles. The van der Waals surface area contributed by atoms with Crippen LogP contribution in [-0.4, -0.2) is 19.2 Å². The first-order chi connectivity index (χ1) is 6.84. The molecule has 2 nitrogen and oxygen atoms in total. The highest BCUT2D eigenvalue weighted by molar-refractivity contribution is 9.10. The Hall–Kier alpha value is -0.540. The molecule has 0 unspecified atom stereocenters. The van der Waals surface area contributed by atoms with Gasteiger partial charge in [-0.2, -0.15) is 0 Å². The van der Waals surface area contributed by atoms with Crippen LogP contribution in [0.15, 0.2) is 28.7 Å². The van der Waals surface area contributed by atoms with E-state index in [9.17, 15) is 0 Å². The summed E-state index contributed by atoms with van der Waals surface area (Å²) in [5, 5.41) is 3.32. The quantitative estimate of drug-likeness (QED) is 0.878. The number of rotatable bonds is 2. The molecule has 0 amide bonds. The van der Waals surface area contributed by atoms with Gasteiger partial charge in [-0.05, 0) is 44.1 Å². The van der Waals surface area contributed by atoms with Gasteiger partial charge >= 0.3 is 0 Å². The highest BCUT2D eigenvalue weighted by Gasteiger charge is 2.13. The van der Waals surface area contributed by atoms with Crippen LogP contribution in [-0.2, 0) is 0 Å². The molecule has 0 spiro atoms. The Morgan fingerprint density at radius 1 is 1.29 bits per heavy atom. The first-order valence-electron chi connectivity index (χ1n) is 4.97. The summed E-state index contributed by atoms with van der Waals surface area (Å²) in [6.07, 6.45) is 2.59. The van der Waals surface area contributed by atoms with Crippen LogP contribution in [0.3, 0.4) is 0 Å². The highest BCUT2D eigenvalue weighted by atomic mass is 79.9. The number of benzene rings is 1. The van der Waals surface area contributed by atoms with E-state index in [4.69, 9.17) is 4.74 Å². The number of nitrogens with one attached hydrogen (secondary N) is 1. The zero-order chi connectivity index (χ0) is 9.80. The maximum atomic E-state index is 5.87. The number of piperidine rings is 1. The molecule has 1 fully saturated rings. The molecule has 1 N–H and O–H groups in total. The minimum atomic E-state index is 0.380. The van der Waals surface area contributed by atoms with E-state index in [0.29, 0.717) is 6.10 Å². The molecule has 1 aliphatic rings. The van der Waals surface area contributed by atoms with Crippen molar-refractivity contribution in [3.8, 4) is 5.75 Å². The monoisotopic (exact) mass is 255 g/mol. The maximum absolute atomic E-state index is 5.87. The third kappa shape index (κ3) is 2.72. The molecule has 0 radical (unpaired) electrons. The minimum Gasteiger partial charge on any atom is -0.490 e. The molecule has 0 aromatic heterocycles. The van der Waals surface area contributed by atoms with Crippen molar-refractivity contribution in [1.29, 1.82) is 0 Å². The first-order valence-corrected chi connectivity index (χ1v) is 5.77. The molecule has 14 heavy (non-hydrogen) atoms. The first kappa shape index (κ1) is 9.99. The summed E-state index contributed by atoms with van der Waals surface area (Å²) in [6.45, 7) is 2.14. The topological polar surface area (TPSA) is 21.3 Å². The number of halogens is 1. The molecule has 1 heterocycles. The van der Waals surface area contributed by atoms with Crippen LogP contribution in [0.25, 0.3) is 0 Å². The van der Waals surface area contributed by atoms with Crippen molar-refractivity contribution in [2.45, 2.75) is 18.9 Å². The van der Waals surface area contributed by atoms with Gasteiger partial charge in [-0.25, -0.2) is 0 Å². The summed E-state index contributed by atoms with van der Waals surface area (Å²) < 4.78 is 6.94. The summed E-state index contributed by atoms with van der Waals surface area (Å²) in [5.74, 6) is 0.964.